The van der Waals surface area contributed by atoms with E-state index in [1.807, 2.05) is 31.2 Å². The highest BCUT2D eigenvalue weighted by Crippen LogP contribution is 2.15. The van der Waals surface area contributed by atoms with Gasteiger partial charge in [0, 0.05) is 11.8 Å². The molecule has 0 aliphatic heterocycles. The molecule has 4 heteroatoms. The van der Waals surface area contributed by atoms with Crippen LogP contribution in [-0.4, -0.2) is 12.1 Å². The van der Waals surface area contributed by atoms with Gasteiger partial charge in [0.05, 0.1) is 18.7 Å². The summed E-state index contributed by atoms with van der Waals surface area (Å²) in [5, 5.41) is 8.88. The second kappa shape index (κ2) is 5.87. The van der Waals surface area contributed by atoms with E-state index in [0.717, 1.165) is 17.0 Å². The minimum atomic E-state index is 0.408. The maximum absolute atomic E-state index is 8.88. The fraction of sp³-hybridized carbons (Fsp3) is 0.200. The quantitative estimate of drug-likeness (QED) is 0.841. The average molecular weight is 254 g/mol. The Balaban J connectivity index is 2.05. The summed E-state index contributed by atoms with van der Waals surface area (Å²) >= 11 is 0. The van der Waals surface area contributed by atoms with Gasteiger partial charge in [0.1, 0.15) is 12.4 Å². The Kier molecular flexibility index (Phi) is 3.99. The van der Waals surface area contributed by atoms with Crippen LogP contribution in [0.25, 0.3) is 0 Å². The molecule has 1 heterocycles. The van der Waals surface area contributed by atoms with Gasteiger partial charge in [-0.1, -0.05) is 12.1 Å². The highest BCUT2D eigenvalue weighted by molar-refractivity contribution is 5.34. The third-order valence-electron chi connectivity index (χ3n) is 2.60. The minimum absolute atomic E-state index is 0.408. The zero-order valence-corrected chi connectivity index (χ0v) is 10.9. The van der Waals surface area contributed by atoms with Gasteiger partial charge in [-0.15, -0.1) is 0 Å². The number of aromatic nitrogens is 1. The molecule has 1 aromatic heterocycles. The number of aryl methyl sites for hydroxylation is 1. The van der Waals surface area contributed by atoms with Gasteiger partial charge in [-0.05, 0) is 30.7 Å². The summed E-state index contributed by atoms with van der Waals surface area (Å²) in [4.78, 5) is 4.23. The molecule has 0 bridgehead atoms. The van der Waals surface area contributed by atoms with Crippen LogP contribution in [0.2, 0.25) is 0 Å². The molecule has 0 N–H and O–H groups in total. The smallest absolute Gasteiger partial charge is 0.215 e. The molecule has 0 saturated carbocycles. The van der Waals surface area contributed by atoms with Gasteiger partial charge in [-0.25, -0.2) is 4.98 Å². The van der Waals surface area contributed by atoms with E-state index in [2.05, 4.69) is 11.1 Å². The van der Waals surface area contributed by atoms with Crippen molar-refractivity contribution in [2.45, 2.75) is 13.5 Å². The number of nitrogens with zero attached hydrogens (tertiary/aromatic N) is 2. The van der Waals surface area contributed by atoms with Crippen LogP contribution in [0.1, 0.15) is 16.8 Å². The van der Waals surface area contributed by atoms with Gasteiger partial charge < -0.3 is 9.47 Å². The van der Waals surface area contributed by atoms with Crippen LogP contribution >= 0.6 is 0 Å². The van der Waals surface area contributed by atoms with Gasteiger partial charge >= 0.3 is 0 Å². The number of hydrogen-bond donors (Lipinski definition) is 0. The topological polar surface area (TPSA) is 55.1 Å². The molecule has 0 aliphatic rings. The lowest BCUT2D eigenvalue weighted by atomic mass is 10.2. The summed E-state index contributed by atoms with van der Waals surface area (Å²) in [5.74, 6) is 1.27. The minimum Gasteiger partial charge on any atom is -0.497 e. The second-order valence-corrected chi connectivity index (χ2v) is 4.08. The van der Waals surface area contributed by atoms with Crippen molar-refractivity contribution in [1.29, 1.82) is 5.26 Å². The van der Waals surface area contributed by atoms with Gasteiger partial charge in [-0.3, -0.25) is 0 Å². The highest BCUT2D eigenvalue weighted by atomic mass is 16.5. The number of nitriles is 1. The molecular weight excluding hydrogens is 240 g/mol. The fourth-order valence-corrected chi connectivity index (χ4v) is 1.66. The summed E-state index contributed by atoms with van der Waals surface area (Å²) in [6.07, 6.45) is 0. The number of methoxy groups -OCH3 is 1. The van der Waals surface area contributed by atoms with Crippen molar-refractivity contribution in [1.82, 2.24) is 4.98 Å². The molecular formula is C15H14N2O2. The lowest BCUT2D eigenvalue weighted by molar-refractivity contribution is 0.293. The van der Waals surface area contributed by atoms with E-state index in [4.69, 9.17) is 14.7 Å². The third kappa shape index (κ3) is 3.46. The SMILES string of the molecule is COc1ccc(COc2cc(C#N)cc(C)n2)cc1. The van der Waals surface area contributed by atoms with E-state index in [9.17, 15) is 0 Å². The van der Waals surface area contributed by atoms with Crippen molar-refractivity contribution in [2.75, 3.05) is 7.11 Å². The Labute approximate surface area is 112 Å². The zero-order chi connectivity index (χ0) is 13.7. The molecule has 0 aliphatic carbocycles. The lowest BCUT2D eigenvalue weighted by Gasteiger charge is -2.07. The summed E-state index contributed by atoms with van der Waals surface area (Å²) in [6, 6.07) is 13.1. The van der Waals surface area contributed by atoms with Gasteiger partial charge in [0.15, 0.2) is 0 Å². The van der Waals surface area contributed by atoms with Crippen molar-refractivity contribution in [3.05, 3.63) is 53.2 Å². The van der Waals surface area contributed by atoms with Gasteiger partial charge in [0.25, 0.3) is 0 Å². The molecule has 0 fully saturated rings. The molecule has 0 amide bonds. The molecule has 0 radical (unpaired) electrons. The van der Waals surface area contributed by atoms with E-state index >= 15 is 0 Å². The van der Waals surface area contributed by atoms with Crippen LogP contribution in [0.3, 0.4) is 0 Å². The molecule has 2 aromatic rings. The Morgan fingerprint density at radius 1 is 1.21 bits per heavy atom. The predicted molar refractivity (Wildman–Crippen MR) is 71.0 cm³/mol. The first-order valence-corrected chi connectivity index (χ1v) is 5.86. The van der Waals surface area contributed by atoms with Crippen molar-refractivity contribution < 1.29 is 9.47 Å². The summed E-state index contributed by atoms with van der Waals surface area (Å²) < 4.78 is 10.7. The van der Waals surface area contributed by atoms with Crippen LogP contribution in [0.4, 0.5) is 0 Å². The van der Waals surface area contributed by atoms with E-state index in [1.165, 1.54) is 0 Å². The van der Waals surface area contributed by atoms with Crippen molar-refractivity contribution >= 4 is 0 Å². The molecule has 0 saturated heterocycles. The van der Waals surface area contributed by atoms with Gasteiger partial charge in [-0.2, -0.15) is 5.26 Å². The van der Waals surface area contributed by atoms with Crippen LogP contribution < -0.4 is 9.47 Å². The largest absolute Gasteiger partial charge is 0.497 e. The van der Waals surface area contributed by atoms with E-state index in [-0.39, 0.29) is 0 Å². The maximum atomic E-state index is 8.88. The molecule has 4 nitrogen and oxygen atoms in total. The normalized spacial score (nSPS) is 9.74. The lowest BCUT2D eigenvalue weighted by Crippen LogP contribution is -1.99. The van der Waals surface area contributed by atoms with Gasteiger partial charge in [0.2, 0.25) is 5.88 Å². The highest BCUT2D eigenvalue weighted by Gasteiger charge is 2.02. The second-order valence-electron chi connectivity index (χ2n) is 4.08. The number of benzene rings is 1. The number of ether oxygens (including phenoxy) is 2. The van der Waals surface area contributed by atoms with Crippen molar-refractivity contribution in [3.8, 4) is 17.7 Å². The maximum Gasteiger partial charge on any atom is 0.215 e. The first-order valence-electron chi connectivity index (χ1n) is 5.86. The number of rotatable bonds is 4. The fourth-order valence-electron chi connectivity index (χ4n) is 1.66. The Hall–Kier alpha value is -2.54. The van der Waals surface area contributed by atoms with E-state index in [1.54, 1.807) is 19.2 Å². The van der Waals surface area contributed by atoms with Crippen LogP contribution in [0.5, 0.6) is 11.6 Å². The monoisotopic (exact) mass is 254 g/mol. The number of hydrogen-bond acceptors (Lipinski definition) is 4. The Bertz CT molecular complexity index is 601. The average Bonchev–Trinajstić information content (AvgIpc) is 2.45. The van der Waals surface area contributed by atoms with Crippen molar-refractivity contribution in [3.63, 3.8) is 0 Å². The van der Waals surface area contributed by atoms with E-state index in [0.29, 0.717) is 18.1 Å². The predicted octanol–water partition coefficient (Wildman–Crippen LogP) is 2.85. The van der Waals surface area contributed by atoms with Crippen LogP contribution in [0, 0.1) is 18.3 Å². The standard InChI is InChI=1S/C15H14N2O2/c1-11-7-13(9-16)8-15(17-11)19-10-12-3-5-14(18-2)6-4-12/h3-8H,10H2,1-2H3. The zero-order valence-electron chi connectivity index (χ0n) is 10.9. The molecule has 2 rings (SSSR count). The Morgan fingerprint density at radius 2 is 1.95 bits per heavy atom. The molecule has 0 spiro atoms. The van der Waals surface area contributed by atoms with Crippen LogP contribution in [-0.2, 0) is 6.61 Å². The first kappa shape index (κ1) is 12.9. The summed E-state index contributed by atoms with van der Waals surface area (Å²) in [7, 11) is 1.63. The third-order valence-corrected chi connectivity index (χ3v) is 2.60. The molecule has 19 heavy (non-hydrogen) atoms. The van der Waals surface area contributed by atoms with E-state index < -0.39 is 0 Å². The number of pyridine rings is 1. The molecule has 1 aromatic carbocycles. The molecule has 0 unspecified atom stereocenters. The first-order chi connectivity index (χ1) is 9.21. The molecule has 96 valence electrons. The van der Waals surface area contributed by atoms with Crippen LogP contribution in [0.15, 0.2) is 36.4 Å². The summed E-state index contributed by atoms with van der Waals surface area (Å²) in [5.41, 5.74) is 2.34. The molecule has 0 atom stereocenters. The Morgan fingerprint density at radius 3 is 2.58 bits per heavy atom. The van der Waals surface area contributed by atoms with Crippen molar-refractivity contribution in [2.24, 2.45) is 0 Å². The summed E-state index contributed by atoms with van der Waals surface area (Å²) in [6.45, 7) is 2.24.